The first kappa shape index (κ1) is 13.7. The molecule has 1 aliphatic heterocycles. The van der Waals surface area contributed by atoms with Crippen LogP contribution in [0.1, 0.15) is 32.6 Å². The maximum Gasteiger partial charge on any atom is 0.421 e. The first-order valence-corrected chi connectivity index (χ1v) is 6.98. The van der Waals surface area contributed by atoms with Crippen molar-refractivity contribution < 1.29 is 23.8 Å². The second-order valence-corrected chi connectivity index (χ2v) is 5.35. The van der Waals surface area contributed by atoms with E-state index in [9.17, 15) is 9.59 Å². The van der Waals surface area contributed by atoms with Crippen molar-refractivity contribution in [3.8, 4) is 17.2 Å². The first-order valence-electron chi connectivity index (χ1n) is 6.98. The van der Waals surface area contributed by atoms with Crippen LogP contribution in [0.4, 0.5) is 4.79 Å². The van der Waals surface area contributed by atoms with Crippen LogP contribution in [0, 0.1) is 0 Å². The molecule has 6 heteroatoms. The molecule has 0 radical (unpaired) electrons. The standard InChI is InChI=1S/C15H17NO5/c1-10(17)16(2)14(18)19-11-6-5-7-12-13(11)21-15(20-12)8-3-4-9-15/h5-7H,3-4,8-9H2,1-2H3. The third kappa shape index (κ3) is 2.41. The molecule has 1 spiro atoms. The van der Waals surface area contributed by atoms with Gasteiger partial charge in [-0.15, -0.1) is 0 Å². The van der Waals surface area contributed by atoms with Gasteiger partial charge in [0.15, 0.2) is 11.5 Å². The predicted molar refractivity (Wildman–Crippen MR) is 73.4 cm³/mol. The van der Waals surface area contributed by atoms with Crippen molar-refractivity contribution in [1.29, 1.82) is 0 Å². The Morgan fingerprint density at radius 1 is 1.24 bits per heavy atom. The van der Waals surface area contributed by atoms with Gasteiger partial charge >= 0.3 is 6.09 Å². The van der Waals surface area contributed by atoms with Gasteiger partial charge in [-0.25, -0.2) is 4.79 Å². The zero-order valence-corrected chi connectivity index (χ0v) is 12.0. The number of carbonyl (C=O) groups excluding carboxylic acids is 2. The smallest absolute Gasteiger partial charge is 0.421 e. The van der Waals surface area contributed by atoms with E-state index >= 15 is 0 Å². The molecular weight excluding hydrogens is 274 g/mol. The Hall–Kier alpha value is -2.24. The van der Waals surface area contributed by atoms with E-state index in [2.05, 4.69) is 0 Å². The monoisotopic (exact) mass is 291 g/mol. The average Bonchev–Trinajstić information content (AvgIpc) is 3.05. The molecule has 2 amide bonds. The van der Waals surface area contributed by atoms with Crippen molar-refractivity contribution >= 4 is 12.0 Å². The fourth-order valence-corrected chi connectivity index (χ4v) is 2.57. The van der Waals surface area contributed by atoms with Crippen LogP contribution < -0.4 is 14.2 Å². The highest BCUT2D eigenvalue weighted by Crippen LogP contribution is 2.50. The SMILES string of the molecule is CC(=O)N(C)C(=O)Oc1cccc2c1OC1(CCCC1)O2. The number of ether oxygens (including phenoxy) is 3. The van der Waals surface area contributed by atoms with Gasteiger partial charge in [0.05, 0.1) is 0 Å². The van der Waals surface area contributed by atoms with Gasteiger partial charge in [-0.1, -0.05) is 6.07 Å². The first-order chi connectivity index (χ1) is 10.0. The van der Waals surface area contributed by atoms with Gasteiger partial charge in [0.2, 0.25) is 11.7 Å². The Balaban J connectivity index is 1.82. The zero-order valence-electron chi connectivity index (χ0n) is 12.0. The van der Waals surface area contributed by atoms with Crippen molar-refractivity contribution in [3.63, 3.8) is 0 Å². The Morgan fingerprint density at radius 3 is 2.62 bits per heavy atom. The van der Waals surface area contributed by atoms with Gasteiger partial charge < -0.3 is 14.2 Å². The minimum Gasteiger partial charge on any atom is -0.448 e. The number of carbonyl (C=O) groups is 2. The lowest BCUT2D eigenvalue weighted by molar-refractivity contribution is -0.125. The normalized spacial score (nSPS) is 17.8. The number of rotatable bonds is 1. The van der Waals surface area contributed by atoms with Gasteiger partial charge in [0, 0.05) is 26.8 Å². The number of nitrogens with zero attached hydrogens (tertiary/aromatic N) is 1. The zero-order chi connectivity index (χ0) is 15.0. The predicted octanol–water partition coefficient (Wildman–Crippen LogP) is 2.71. The van der Waals surface area contributed by atoms with Crippen LogP contribution in [0.25, 0.3) is 0 Å². The lowest BCUT2D eigenvalue weighted by Gasteiger charge is -2.21. The Labute approximate surface area is 122 Å². The van der Waals surface area contributed by atoms with E-state index in [-0.39, 0.29) is 5.75 Å². The van der Waals surface area contributed by atoms with E-state index in [1.807, 2.05) is 0 Å². The second-order valence-electron chi connectivity index (χ2n) is 5.35. The third-order valence-electron chi connectivity index (χ3n) is 3.84. The van der Waals surface area contributed by atoms with Crippen LogP contribution in [-0.2, 0) is 4.79 Å². The molecule has 0 saturated heterocycles. The summed E-state index contributed by atoms with van der Waals surface area (Å²) in [6.07, 6.45) is 3.00. The fraction of sp³-hybridized carbons (Fsp3) is 0.467. The minimum atomic E-state index is -0.744. The summed E-state index contributed by atoms with van der Waals surface area (Å²) in [4.78, 5) is 23.9. The summed E-state index contributed by atoms with van der Waals surface area (Å²) in [6, 6.07) is 5.14. The van der Waals surface area contributed by atoms with E-state index in [1.54, 1.807) is 18.2 Å². The highest BCUT2D eigenvalue weighted by Gasteiger charge is 2.45. The van der Waals surface area contributed by atoms with Gasteiger partial charge in [0.25, 0.3) is 5.79 Å². The van der Waals surface area contributed by atoms with E-state index in [1.165, 1.54) is 14.0 Å². The molecule has 2 aliphatic rings. The topological polar surface area (TPSA) is 65.1 Å². The molecule has 0 atom stereocenters. The average molecular weight is 291 g/mol. The maximum atomic E-state index is 11.9. The Morgan fingerprint density at radius 2 is 1.95 bits per heavy atom. The Kier molecular flexibility index (Phi) is 3.23. The fourth-order valence-electron chi connectivity index (χ4n) is 2.57. The molecule has 112 valence electrons. The Bertz CT molecular complexity index is 592. The van der Waals surface area contributed by atoms with Crippen molar-refractivity contribution in [3.05, 3.63) is 18.2 Å². The number of amides is 2. The van der Waals surface area contributed by atoms with Crippen molar-refractivity contribution in [1.82, 2.24) is 4.90 Å². The summed E-state index contributed by atoms with van der Waals surface area (Å²) >= 11 is 0. The molecule has 21 heavy (non-hydrogen) atoms. The lowest BCUT2D eigenvalue weighted by Crippen LogP contribution is -2.35. The number of hydrogen-bond donors (Lipinski definition) is 0. The molecule has 0 bridgehead atoms. The quantitative estimate of drug-likeness (QED) is 0.796. The highest BCUT2D eigenvalue weighted by atomic mass is 16.7. The number of para-hydroxylation sites is 1. The van der Waals surface area contributed by atoms with Crippen molar-refractivity contribution in [2.75, 3.05) is 7.05 Å². The summed E-state index contributed by atoms with van der Waals surface area (Å²) in [5, 5.41) is 0. The van der Waals surface area contributed by atoms with E-state index in [0.29, 0.717) is 11.5 Å². The summed E-state index contributed by atoms with van der Waals surface area (Å²) in [7, 11) is 1.36. The van der Waals surface area contributed by atoms with Gasteiger partial charge in [-0.3, -0.25) is 9.69 Å². The molecule has 1 aromatic rings. The summed E-state index contributed by atoms with van der Waals surface area (Å²) < 4.78 is 17.1. The highest BCUT2D eigenvalue weighted by molar-refractivity contribution is 5.91. The largest absolute Gasteiger partial charge is 0.448 e. The van der Waals surface area contributed by atoms with Gasteiger partial charge in [0.1, 0.15) is 0 Å². The molecule has 1 heterocycles. The van der Waals surface area contributed by atoms with Crippen LogP contribution in [0.5, 0.6) is 17.2 Å². The molecule has 0 aromatic heterocycles. The molecule has 1 aromatic carbocycles. The number of fused-ring (bicyclic) bond motifs is 1. The molecule has 3 rings (SSSR count). The van der Waals surface area contributed by atoms with E-state index in [0.717, 1.165) is 30.6 Å². The molecule has 6 nitrogen and oxygen atoms in total. The van der Waals surface area contributed by atoms with Crippen LogP contribution in [0.15, 0.2) is 18.2 Å². The molecular formula is C15H17NO5. The summed E-state index contributed by atoms with van der Waals surface area (Å²) in [5.74, 6) is 0.279. The van der Waals surface area contributed by atoms with Gasteiger partial charge in [-0.2, -0.15) is 0 Å². The molecule has 0 unspecified atom stereocenters. The van der Waals surface area contributed by atoms with E-state index in [4.69, 9.17) is 14.2 Å². The maximum absolute atomic E-state index is 11.9. The van der Waals surface area contributed by atoms with Crippen LogP contribution in [0.3, 0.4) is 0 Å². The third-order valence-corrected chi connectivity index (χ3v) is 3.84. The van der Waals surface area contributed by atoms with E-state index < -0.39 is 17.8 Å². The van der Waals surface area contributed by atoms with Crippen LogP contribution >= 0.6 is 0 Å². The molecule has 0 N–H and O–H groups in total. The number of imide groups is 1. The molecule has 1 aliphatic carbocycles. The van der Waals surface area contributed by atoms with Crippen LogP contribution in [0.2, 0.25) is 0 Å². The minimum absolute atomic E-state index is 0.273. The van der Waals surface area contributed by atoms with Gasteiger partial charge in [-0.05, 0) is 25.0 Å². The number of benzene rings is 1. The number of hydrogen-bond acceptors (Lipinski definition) is 5. The van der Waals surface area contributed by atoms with Crippen molar-refractivity contribution in [2.24, 2.45) is 0 Å². The summed E-state index contributed by atoms with van der Waals surface area (Å²) in [6.45, 7) is 1.30. The van der Waals surface area contributed by atoms with Crippen LogP contribution in [-0.4, -0.2) is 29.7 Å². The van der Waals surface area contributed by atoms with Crippen molar-refractivity contribution in [2.45, 2.75) is 38.4 Å². The summed E-state index contributed by atoms with van der Waals surface area (Å²) in [5.41, 5.74) is 0. The second kappa shape index (κ2) is 4.95. The molecule has 1 saturated carbocycles. The lowest BCUT2D eigenvalue weighted by atomic mass is 10.2. The molecule has 1 fully saturated rings.